The van der Waals surface area contributed by atoms with E-state index >= 15 is 0 Å². The fraction of sp³-hybridized carbons (Fsp3) is 0.333. The lowest BCUT2D eigenvalue weighted by atomic mass is 10.1. The fourth-order valence-corrected chi connectivity index (χ4v) is 3.41. The molecule has 3 rings (SSSR count). The van der Waals surface area contributed by atoms with Gasteiger partial charge in [-0.15, -0.1) is 0 Å². The molecule has 4 nitrogen and oxygen atoms in total. The third kappa shape index (κ3) is 3.49. The first-order valence-electron chi connectivity index (χ1n) is 8.74. The van der Waals surface area contributed by atoms with Gasteiger partial charge in [-0.3, -0.25) is 4.90 Å². The second-order valence-corrected chi connectivity index (χ2v) is 6.08. The van der Waals surface area contributed by atoms with Crippen LogP contribution in [-0.4, -0.2) is 27.1 Å². The topological polar surface area (TPSA) is 24.9 Å². The Morgan fingerprint density at radius 2 is 1.52 bits per heavy atom. The molecule has 1 aliphatic heterocycles. The van der Waals surface area contributed by atoms with Gasteiger partial charge in [0.25, 0.3) is 0 Å². The molecule has 0 N–H and O–H groups in total. The van der Waals surface area contributed by atoms with Crippen LogP contribution in [0.3, 0.4) is 0 Å². The summed E-state index contributed by atoms with van der Waals surface area (Å²) in [6, 6.07) is 20.8. The van der Waals surface area contributed by atoms with Gasteiger partial charge in [0.15, 0.2) is 12.1 Å². The van der Waals surface area contributed by atoms with E-state index in [2.05, 4.69) is 65.3 Å². The average molecular weight is 338 g/mol. The molecular weight excluding hydrogens is 312 g/mol. The Balaban J connectivity index is 2.10. The normalized spacial score (nSPS) is 17.8. The molecule has 1 aliphatic rings. The first-order valence-corrected chi connectivity index (χ1v) is 8.74. The maximum Gasteiger partial charge on any atom is 0.198 e. The molecule has 0 aromatic heterocycles. The molecule has 25 heavy (non-hydrogen) atoms. The standard InChI is InChI=1S/C21H26N2O2/c1-4-11-19-20(24-2)22(17-12-7-5-8-13-17)16-23(21(19)25-3)18-14-9-6-10-15-18/h5-10,12-15,20H,4,11,16H2,1-3H3. The van der Waals surface area contributed by atoms with Crippen molar-refractivity contribution >= 4 is 11.4 Å². The van der Waals surface area contributed by atoms with E-state index in [1.165, 1.54) is 5.57 Å². The summed E-state index contributed by atoms with van der Waals surface area (Å²) in [5.41, 5.74) is 3.42. The second kappa shape index (κ2) is 8.08. The van der Waals surface area contributed by atoms with E-state index in [-0.39, 0.29) is 6.23 Å². The summed E-state index contributed by atoms with van der Waals surface area (Å²) in [5.74, 6) is 0.895. The van der Waals surface area contributed by atoms with E-state index in [4.69, 9.17) is 9.47 Å². The molecule has 2 aromatic rings. The van der Waals surface area contributed by atoms with Crippen molar-refractivity contribution in [2.45, 2.75) is 26.0 Å². The number of rotatable bonds is 6. The number of benzene rings is 2. The van der Waals surface area contributed by atoms with Gasteiger partial charge in [0.2, 0.25) is 0 Å². The number of para-hydroxylation sites is 2. The Hall–Kier alpha value is -2.46. The van der Waals surface area contributed by atoms with E-state index in [1.807, 2.05) is 12.1 Å². The molecule has 4 heteroatoms. The van der Waals surface area contributed by atoms with Crippen LogP contribution in [0.25, 0.3) is 0 Å². The predicted molar refractivity (Wildman–Crippen MR) is 102 cm³/mol. The predicted octanol–water partition coefficient (Wildman–Crippen LogP) is 4.60. The van der Waals surface area contributed by atoms with E-state index in [9.17, 15) is 0 Å². The van der Waals surface area contributed by atoms with Crippen LogP contribution in [0.1, 0.15) is 19.8 Å². The van der Waals surface area contributed by atoms with Gasteiger partial charge in [-0.2, -0.15) is 0 Å². The monoisotopic (exact) mass is 338 g/mol. The van der Waals surface area contributed by atoms with Crippen molar-refractivity contribution in [3.8, 4) is 0 Å². The number of methoxy groups -OCH3 is 2. The van der Waals surface area contributed by atoms with Crippen LogP contribution in [0.2, 0.25) is 0 Å². The maximum absolute atomic E-state index is 5.90. The highest BCUT2D eigenvalue weighted by Gasteiger charge is 2.35. The molecule has 1 atom stereocenters. The highest BCUT2D eigenvalue weighted by Crippen LogP contribution is 2.35. The van der Waals surface area contributed by atoms with Crippen LogP contribution in [0.4, 0.5) is 11.4 Å². The molecule has 0 fully saturated rings. The van der Waals surface area contributed by atoms with Crippen LogP contribution < -0.4 is 9.80 Å². The Kier molecular flexibility index (Phi) is 5.61. The zero-order valence-electron chi connectivity index (χ0n) is 15.2. The largest absolute Gasteiger partial charge is 0.482 e. The van der Waals surface area contributed by atoms with Crippen LogP contribution in [-0.2, 0) is 9.47 Å². The number of ether oxygens (including phenoxy) is 2. The van der Waals surface area contributed by atoms with Crippen molar-refractivity contribution in [1.29, 1.82) is 0 Å². The van der Waals surface area contributed by atoms with Crippen LogP contribution in [0.15, 0.2) is 72.1 Å². The molecule has 132 valence electrons. The Morgan fingerprint density at radius 3 is 2.04 bits per heavy atom. The number of nitrogens with zero attached hydrogens (tertiary/aromatic N) is 2. The van der Waals surface area contributed by atoms with Crippen molar-refractivity contribution in [2.24, 2.45) is 0 Å². The number of anilines is 2. The second-order valence-electron chi connectivity index (χ2n) is 6.08. The molecule has 0 aliphatic carbocycles. The zero-order chi connectivity index (χ0) is 17.6. The molecule has 0 radical (unpaired) electrons. The minimum Gasteiger partial charge on any atom is -0.482 e. The highest BCUT2D eigenvalue weighted by atomic mass is 16.5. The van der Waals surface area contributed by atoms with Gasteiger partial charge < -0.3 is 14.4 Å². The van der Waals surface area contributed by atoms with Crippen LogP contribution in [0, 0.1) is 0 Å². The fourth-order valence-electron chi connectivity index (χ4n) is 3.41. The summed E-state index contributed by atoms with van der Waals surface area (Å²) in [6.45, 7) is 2.85. The molecular formula is C21H26N2O2. The lowest BCUT2D eigenvalue weighted by Crippen LogP contribution is -2.51. The van der Waals surface area contributed by atoms with Gasteiger partial charge in [0, 0.05) is 24.1 Å². The minimum absolute atomic E-state index is 0.128. The summed E-state index contributed by atoms with van der Waals surface area (Å²) in [5, 5.41) is 0. The Labute approximate surface area is 150 Å². The minimum atomic E-state index is -0.128. The third-order valence-corrected chi connectivity index (χ3v) is 4.49. The van der Waals surface area contributed by atoms with Crippen LogP contribution >= 0.6 is 0 Å². The molecule has 0 saturated carbocycles. The summed E-state index contributed by atoms with van der Waals surface area (Å²) >= 11 is 0. The van der Waals surface area contributed by atoms with Crippen LogP contribution in [0.5, 0.6) is 0 Å². The van der Waals surface area contributed by atoms with E-state index in [1.54, 1.807) is 14.2 Å². The van der Waals surface area contributed by atoms with Gasteiger partial charge in [-0.1, -0.05) is 49.7 Å². The quantitative estimate of drug-likeness (QED) is 0.768. The van der Waals surface area contributed by atoms with Crippen molar-refractivity contribution in [2.75, 3.05) is 30.7 Å². The van der Waals surface area contributed by atoms with Crippen molar-refractivity contribution < 1.29 is 9.47 Å². The first kappa shape index (κ1) is 17.4. The lowest BCUT2D eigenvalue weighted by molar-refractivity contribution is 0.107. The van der Waals surface area contributed by atoms with E-state index < -0.39 is 0 Å². The smallest absolute Gasteiger partial charge is 0.198 e. The van der Waals surface area contributed by atoms with Crippen molar-refractivity contribution in [3.63, 3.8) is 0 Å². The Bertz CT molecular complexity index is 700. The van der Waals surface area contributed by atoms with Crippen molar-refractivity contribution in [3.05, 3.63) is 72.1 Å². The third-order valence-electron chi connectivity index (χ3n) is 4.49. The SMILES string of the molecule is CCCC1=C(OC)N(c2ccccc2)CN(c2ccccc2)C1OC. The van der Waals surface area contributed by atoms with Crippen molar-refractivity contribution in [1.82, 2.24) is 0 Å². The molecule has 2 aromatic carbocycles. The highest BCUT2D eigenvalue weighted by molar-refractivity contribution is 5.59. The first-order chi connectivity index (χ1) is 12.3. The molecule has 0 bridgehead atoms. The van der Waals surface area contributed by atoms with Gasteiger partial charge >= 0.3 is 0 Å². The molecule has 0 amide bonds. The number of hydrogen-bond acceptors (Lipinski definition) is 4. The lowest BCUT2D eigenvalue weighted by Gasteiger charge is -2.44. The number of hydrogen-bond donors (Lipinski definition) is 0. The summed E-state index contributed by atoms with van der Waals surface area (Å²) in [7, 11) is 3.51. The zero-order valence-corrected chi connectivity index (χ0v) is 15.2. The van der Waals surface area contributed by atoms with Gasteiger partial charge in [0.1, 0.15) is 6.67 Å². The van der Waals surface area contributed by atoms with Gasteiger partial charge in [-0.05, 0) is 30.7 Å². The van der Waals surface area contributed by atoms with E-state index in [0.29, 0.717) is 6.67 Å². The summed E-state index contributed by atoms with van der Waals surface area (Å²) < 4.78 is 11.7. The summed E-state index contributed by atoms with van der Waals surface area (Å²) in [6.07, 6.45) is 1.83. The average Bonchev–Trinajstić information content (AvgIpc) is 2.68. The maximum atomic E-state index is 5.90. The van der Waals surface area contributed by atoms with Gasteiger partial charge in [0.05, 0.1) is 7.11 Å². The van der Waals surface area contributed by atoms with E-state index in [0.717, 1.165) is 30.1 Å². The molecule has 1 unspecified atom stereocenters. The molecule has 0 spiro atoms. The molecule has 0 saturated heterocycles. The molecule has 1 heterocycles. The Morgan fingerprint density at radius 1 is 0.920 bits per heavy atom. The van der Waals surface area contributed by atoms with Gasteiger partial charge in [-0.25, -0.2) is 0 Å². The summed E-state index contributed by atoms with van der Waals surface area (Å²) in [4.78, 5) is 4.49.